The number of H-pyrrole nitrogens is 1. The van der Waals surface area contributed by atoms with E-state index < -0.39 is 0 Å². The molecule has 0 saturated heterocycles. The van der Waals surface area contributed by atoms with Crippen molar-refractivity contribution >= 4 is 26.8 Å². The van der Waals surface area contributed by atoms with Crippen LogP contribution in [0.4, 0.5) is 0 Å². The lowest BCUT2D eigenvalue weighted by atomic mass is 10.2. The summed E-state index contributed by atoms with van der Waals surface area (Å²) in [4.78, 5) is 3.28. The molecular weight excluding hydrogens is 242 g/mol. The Kier molecular flexibility index (Phi) is 2.61. The van der Waals surface area contributed by atoms with Gasteiger partial charge in [0.2, 0.25) is 0 Å². The highest BCUT2D eigenvalue weighted by molar-refractivity contribution is 9.10. The molecule has 1 unspecified atom stereocenters. The fourth-order valence-electron chi connectivity index (χ4n) is 1.59. The monoisotopic (exact) mass is 253 g/mol. The SMILES string of the molecule is CC(O)Cc1cc2ccc(Br)cc2[nH]1. The predicted molar refractivity (Wildman–Crippen MR) is 61.4 cm³/mol. The van der Waals surface area contributed by atoms with Crippen molar-refractivity contribution in [2.24, 2.45) is 0 Å². The van der Waals surface area contributed by atoms with Crippen molar-refractivity contribution in [3.8, 4) is 0 Å². The first-order valence-electron chi connectivity index (χ1n) is 4.60. The Bertz CT molecular complexity index is 447. The van der Waals surface area contributed by atoms with Gasteiger partial charge in [0.1, 0.15) is 0 Å². The lowest BCUT2D eigenvalue weighted by Gasteiger charge is -1.99. The molecule has 2 nitrogen and oxygen atoms in total. The molecule has 0 radical (unpaired) electrons. The lowest BCUT2D eigenvalue weighted by Crippen LogP contribution is -2.03. The zero-order valence-electron chi connectivity index (χ0n) is 7.92. The molecule has 1 aromatic carbocycles. The molecule has 74 valence electrons. The molecule has 0 spiro atoms. The second-order valence-electron chi connectivity index (χ2n) is 3.58. The van der Waals surface area contributed by atoms with Crippen LogP contribution in [0.3, 0.4) is 0 Å². The minimum atomic E-state index is -0.300. The second kappa shape index (κ2) is 3.75. The summed E-state index contributed by atoms with van der Waals surface area (Å²) in [6.45, 7) is 1.79. The van der Waals surface area contributed by atoms with Crippen molar-refractivity contribution in [2.45, 2.75) is 19.4 Å². The maximum Gasteiger partial charge on any atom is 0.0566 e. The molecule has 0 aliphatic heterocycles. The van der Waals surface area contributed by atoms with E-state index in [1.165, 1.54) is 5.39 Å². The quantitative estimate of drug-likeness (QED) is 0.849. The van der Waals surface area contributed by atoms with E-state index in [2.05, 4.69) is 33.0 Å². The van der Waals surface area contributed by atoms with Gasteiger partial charge in [0.25, 0.3) is 0 Å². The van der Waals surface area contributed by atoms with E-state index in [1.807, 2.05) is 12.1 Å². The van der Waals surface area contributed by atoms with Crippen LogP contribution in [0.5, 0.6) is 0 Å². The maximum atomic E-state index is 9.26. The summed E-state index contributed by atoms with van der Waals surface area (Å²) in [5.74, 6) is 0. The lowest BCUT2D eigenvalue weighted by molar-refractivity contribution is 0.194. The molecule has 2 N–H and O–H groups in total. The number of nitrogens with one attached hydrogen (secondary N) is 1. The summed E-state index contributed by atoms with van der Waals surface area (Å²) in [6, 6.07) is 8.19. The van der Waals surface area contributed by atoms with Gasteiger partial charge in [-0.3, -0.25) is 0 Å². The Labute approximate surface area is 91.1 Å². The Hall–Kier alpha value is -0.800. The molecule has 2 rings (SSSR count). The predicted octanol–water partition coefficient (Wildman–Crippen LogP) is 2.85. The van der Waals surface area contributed by atoms with Crippen molar-refractivity contribution in [2.75, 3.05) is 0 Å². The number of benzene rings is 1. The van der Waals surface area contributed by atoms with Gasteiger partial charge in [-0.2, -0.15) is 0 Å². The molecule has 0 aliphatic carbocycles. The molecule has 0 saturated carbocycles. The van der Waals surface area contributed by atoms with E-state index in [1.54, 1.807) is 6.92 Å². The van der Waals surface area contributed by atoms with Crippen LogP contribution in [0.15, 0.2) is 28.7 Å². The molecule has 1 aromatic heterocycles. The maximum absolute atomic E-state index is 9.26. The number of rotatable bonds is 2. The Morgan fingerprint density at radius 1 is 1.43 bits per heavy atom. The van der Waals surface area contributed by atoms with Gasteiger partial charge in [-0.05, 0) is 30.5 Å². The molecule has 0 aliphatic rings. The number of halogens is 1. The first-order chi connectivity index (χ1) is 6.65. The minimum absolute atomic E-state index is 0.300. The zero-order chi connectivity index (χ0) is 10.1. The van der Waals surface area contributed by atoms with Crippen LogP contribution in [0, 0.1) is 0 Å². The van der Waals surface area contributed by atoms with Gasteiger partial charge in [0.15, 0.2) is 0 Å². The normalized spacial score (nSPS) is 13.4. The van der Waals surface area contributed by atoms with Crippen LogP contribution in [-0.4, -0.2) is 16.2 Å². The topological polar surface area (TPSA) is 36.0 Å². The van der Waals surface area contributed by atoms with Crippen LogP contribution >= 0.6 is 15.9 Å². The van der Waals surface area contributed by atoms with E-state index >= 15 is 0 Å². The summed E-state index contributed by atoms with van der Waals surface area (Å²) >= 11 is 3.42. The molecule has 0 fully saturated rings. The first kappa shape index (κ1) is 9.74. The Morgan fingerprint density at radius 3 is 2.93 bits per heavy atom. The van der Waals surface area contributed by atoms with E-state index in [0.717, 1.165) is 15.7 Å². The van der Waals surface area contributed by atoms with Crippen LogP contribution in [0.25, 0.3) is 10.9 Å². The third-order valence-electron chi connectivity index (χ3n) is 2.16. The van der Waals surface area contributed by atoms with Gasteiger partial charge in [0, 0.05) is 22.1 Å². The fraction of sp³-hybridized carbons (Fsp3) is 0.273. The molecule has 1 atom stereocenters. The molecule has 0 bridgehead atoms. The van der Waals surface area contributed by atoms with Gasteiger partial charge in [-0.15, -0.1) is 0 Å². The highest BCUT2D eigenvalue weighted by Gasteiger charge is 2.03. The van der Waals surface area contributed by atoms with Crippen molar-refractivity contribution in [3.63, 3.8) is 0 Å². The Balaban J connectivity index is 2.41. The molecular formula is C11H12BrNO. The highest BCUT2D eigenvalue weighted by atomic mass is 79.9. The standard InChI is InChI=1S/C11H12BrNO/c1-7(14)4-10-5-8-2-3-9(12)6-11(8)13-10/h2-3,5-7,13-14H,4H2,1H3. The smallest absolute Gasteiger partial charge is 0.0566 e. The largest absolute Gasteiger partial charge is 0.393 e. The molecule has 14 heavy (non-hydrogen) atoms. The molecule has 2 aromatic rings. The summed E-state index contributed by atoms with van der Waals surface area (Å²) in [7, 11) is 0. The molecule has 0 amide bonds. The van der Waals surface area contributed by atoms with E-state index in [0.29, 0.717) is 6.42 Å². The number of aliphatic hydroxyl groups excluding tert-OH is 1. The van der Waals surface area contributed by atoms with Crippen LogP contribution < -0.4 is 0 Å². The van der Waals surface area contributed by atoms with Crippen LogP contribution in [0.2, 0.25) is 0 Å². The summed E-state index contributed by atoms with van der Waals surface area (Å²) in [6.07, 6.45) is 0.373. The Morgan fingerprint density at radius 2 is 2.21 bits per heavy atom. The van der Waals surface area contributed by atoms with Gasteiger partial charge in [-0.1, -0.05) is 22.0 Å². The van der Waals surface area contributed by atoms with Crippen LogP contribution in [0.1, 0.15) is 12.6 Å². The van der Waals surface area contributed by atoms with Crippen molar-refractivity contribution < 1.29 is 5.11 Å². The summed E-state index contributed by atoms with van der Waals surface area (Å²) < 4.78 is 1.07. The third-order valence-corrected chi connectivity index (χ3v) is 2.65. The summed E-state index contributed by atoms with van der Waals surface area (Å²) in [5, 5.41) is 10.4. The number of aromatic nitrogens is 1. The van der Waals surface area contributed by atoms with Crippen molar-refractivity contribution in [1.82, 2.24) is 4.98 Å². The number of fused-ring (bicyclic) bond motifs is 1. The average molecular weight is 254 g/mol. The first-order valence-corrected chi connectivity index (χ1v) is 5.39. The number of aromatic amines is 1. The van der Waals surface area contributed by atoms with Crippen molar-refractivity contribution in [3.05, 3.63) is 34.4 Å². The van der Waals surface area contributed by atoms with Gasteiger partial charge >= 0.3 is 0 Å². The average Bonchev–Trinajstić information content (AvgIpc) is 2.44. The minimum Gasteiger partial charge on any atom is -0.393 e. The summed E-state index contributed by atoms with van der Waals surface area (Å²) in [5.41, 5.74) is 2.18. The zero-order valence-corrected chi connectivity index (χ0v) is 9.51. The molecule has 1 heterocycles. The van der Waals surface area contributed by atoms with Gasteiger partial charge < -0.3 is 10.1 Å². The van der Waals surface area contributed by atoms with Gasteiger partial charge in [-0.25, -0.2) is 0 Å². The van der Waals surface area contributed by atoms with E-state index in [9.17, 15) is 5.11 Å². The van der Waals surface area contributed by atoms with Crippen molar-refractivity contribution in [1.29, 1.82) is 0 Å². The fourth-order valence-corrected chi connectivity index (χ4v) is 1.95. The molecule has 3 heteroatoms. The second-order valence-corrected chi connectivity index (χ2v) is 4.49. The number of hydrogen-bond acceptors (Lipinski definition) is 1. The highest BCUT2D eigenvalue weighted by Crippen LogP contribution is 2.20. The number of hydrogen-bond donors (Lipinski definition) is 2. The van der Waals surface area contributed by atoms with E-state index in [-0.39, 0.29) is 6.10 Å². The number of aliphatic hydroxyl groups is 1. The third kappa shape index (κ3) is 1.99. The van der Waals surface area contributed by atoms with E-state index in [4.69, 9.17) is 0 Å². The van der Waals surface area contributed by atoms with Gasteiger partial charge in [0.05, 0.1) is 6.10 Å². The van der Waals surface area contributed by atoms with Crippen LogP contribution in [-0.2, 0) is 6.42 Å².